The molecular formula is C19H40N3O5P. The summed E-state index contributed by atoms with van der Waals surface area (Å²) in [6.07, 6.45) is 6.30. The van der Waals surface area contributed by atoms with E-state index in [0.29, 0.717) is 52.2 Å². The lowest BCUT2D eigenvalue weighted by Gasteiger charge is -2.21. The lowest BCUT2D eigenvalue weighted by Crippen LogP contribution is -2.40. The van der Waals surface area contributed by atoms with Gasteiger partial charge in [-0.05, 0) is 19.8 Å². The van der Waals surface area contributed by atoms with Gasteiger partial charge in [0.15, 0.2) is 6.40 Å². The molecule has 0 radical (unpaired) electrons. The van der Waals surface area contributed by atoms with E-state index in [0.717, 1.165) is 19.3 Å². The molecule has 0 heterocycles. The number of nitrogens with zero attached hydrogens (tertiary/aromatic N) is 1. The molecular weight excluding hydrogens is 381 g/mol. The number of aliphatic hydroxyl groups excluding tert-OH is 1. The van der Waals surface area contributed by atoms with Crippen LogP contribution in [0.1, 0.15) is 67.1 Å². The van der Waals surface area contributed by atoms with Crippen molar-refractivity contribution in [3.8, 4) is 0 Å². The predicted molar refractivity (Wildman–Crippen MR) is 116 cm³/mol. The highest BCUT2D eigenvalue weighted by Crippen LogP contribution is 2.33. The Hall–Kier alpha value is -1.24. The third-order valence-electron chi connectivity index (χ3n) is 3.47. The Morgan fingerprint density at radius 1 is 1.21 bits per heavy atom. The van der Waals surface area contributed by atoms with Crippen LogP contribution >= 0.6 is 8.38 Å². The van der Waals surface area contributed by atoms with Gasteiger partial charge in [-0.15, -0.1) is 0 Å². The molecule has 2 unspecified atom stereocenters. The van der Waals surface area contributed by atoms with Crippen LogP contribution in [-0.4, -0.2) is 64.3 Å². The van der Waals surface area contributed by atoms with Gasteiger partial charge in [0.1, 0.15) is 0 Å². The van der Waals surface area contributed by atoms with E-state index in [1.165, 1.54) is 13.5 Å². The van der Waals surface area contributed by atoms with E-state index >= 15 is 0 Å². The minimum atomic E-state index is -1.20. The largest absolute Gasteiger partial charge is 0.437 e. The lowest BCUT2D eigenvalue weighted by molar-refractivity contribution is -0.121. The first kappa shape index (κ1) is 24.8. The topological polar surface area (TPSA) is 109 Å². The van der Waals surface area contributed by atoms with E-state index in [-0.39, 0.29) is 17.9 Å². The molecule has 0 aromatic carbocycles. The van der Waals surface area contributed by atoms with Crippen LogP contribution < -0.4 is 10.6 Å². The summed E-state index contributed by atoms with van der Waals surface area (Å²) in [6, 6.07) is 0. The molecule has 0 fully saturated rings. The van der Waals surface area contributed by atoms with Crippen molar-refractivity contribution in [2.24, 2.45) is 4.99 Å². The summed E-state index contributed by atoms with van der Waals surface area (Å²) in [5.74, 6) is -0.0760. The summed E-state index contributed by atoms with van der Waals surface area (Å²) in [4.78, 5) is 27.8. The van der Waals surface area contributed by atoms with Gasteiger partial charge in [0.05, 0.1) is 6.10 Å². The zero-order chi connectivity index (χ0) is 23.0. The molecule has 0 rings (SSSR count). The van der Waals surface area contributed by atoms with Crippen molar-refractivity contribution in [3.05, 3.63) is 0 Å². The van der Waals surface area contributed by atoms with Gasteiger partial charge in [0, 0.05) is 47.6 Å². The second-order valence-corrected chi connectivity index (χ2v) is 7.20. The van der Waals surface area contributed by atoms with Crippen LogP contribution in [0.3, 0.4) is 0 Å². The van der Waals surface area contributed by atoms with Gasteiger partial charge < -0.3 is 24.8 Å². The highest BCUT2D eigenvalue weighted by atomic mass is 31.2. The van der Waals surface area contributed by atoms with Gasteiger partial charge in [0.2, 0.25) is 21.6 Å². The standard InChI is InChI=1S/C18H36N3O4P.CH4O/c1-5-8-10-12-18(23)21-14-16(13-20-17(22)11-9-6-2)25-26(4)24-15-19-7-3;1-2/h15-16H,5-14H2,1-4H3,(H,20,22)(H,21,23);2H,1H3/i2D;2T. The Morgan fingerprint density at radius 3 is 2.36 bits per heavy atom. The fourth-order valence-corrected chi connectivity index (χ4v) is 2.83. The number of amides is 2. The van der Waals surface area contributed by atoms with Crippen molar-refractivity contribution in [1.29, 1.82) is 1.43 Å². The van der Waals surface area contributed by atoms with Crippen molar-refractivity contribution in [1.82, 2.24) is 10.6 Å². The monoisotopic (exact) mass is 424 g/mol. The minimum Gasteiger partial charge on any atom is -0.437 e. The van der Waals surface area contributed by atoms with Crippen LogP contribution in [0, 0.1) is 0 Å². The first-order valence-electron chi connectivity index (χ1n) is 10.9. The number of unbranched alkanes of at least 4 members (excludes halogenated alkanes) is 3. The second kappa shape index (κ2) is 22.1. The molecule has 9 heteroatoms. The first-order chi connectivity index (χ1) is 14.4. The Labute approximate surface area is 174 Å². The highest BCUT2D eigenvalue weighted by molar-refractivity contribution is 7.46. The predicted octanol–water partition coefficient (Wildman–Crippen LogP) is 2.99. The van der Waals surface area contributed by atoms with Gasteiger partial charge in [-0.3, -0.25) is 14.6 Å². The summed E-state index contributed by atoms with van der Waals surface area (Å²) in [5.41, 5.74) is 0. The van der Waals surface area contributed by atoms with E-state index in [1.54, 1.807) is 0 Å². The number of rotatable bonds is 16. The highest BCUT2D eigenvalue weighted by Gasteiger charge is 2.17. The van der Waals surface area contributed by atoms with Crippen molar-refractivity contribution < 1.29 is 25.1 Å². The van der Waals surface area contributed by atoms with E-state index in [2.05, 4.69) is 27.7 Å². The van der Waals surface area contributed by atoms with Crippen LogP contribution in [0.5, 0.6) is 0 Å². The van der Waals surface area contributed by atoms with Crippen molar-refractivity contribution in [2.75, 3.05) is 33.4 Å². The summed E-state index contributed by atoms with van der Waals surface area (Å²) in [7, 11) is 0.0945. The Bertz CT molecular complexity index is 422. The molecule has 0 bridgehead atoms. The summed E-state index contributed by atoms with van der Waals surface area (Å²) in [5, 5.41) is 9.21. The molecule has 2 atom stereocenters. The van der Waals surface area contributed by atoms with E-state index in [1.807, 2.05) is 13.6 Å². The second-order valence-electron chi connectivity index (χ2n) is 5.90. The third kappa shape index (κ3) is 19.5. The minimum absolute atomic E-state index is 0.00674. The SMILES string of the molecule is [2H]CCCCC(=O)NCC(CNC(=O)CCCCC)OP(C)OC=NCC.[3H]OC. The Morgan fingerprint density at radius 2 is 1.82 bits per heavy atom. The van der Waals surface area contributed by atoms with Gasteiger partial charge in [-0.1, -0.05) is 33.1 Å². The van der Waals surface area contributed by atoms with Crippen LogP contribution in [0.2, 0.25) is 0 Å². The molecule has 0 aromatic rings. The van der Waals surface area contributed by atoms with Crippen LogP contribution in [0.4, 0.5) is 0 Å². The molecule has 0 saturated heterocycles. The molecule has 3 N–H and O–H groups in total. The Kier molecular flexibility index (Phi) is 19.5. The third-order valence-corrected chi connectivity index (χ3v) is 4.45. The smallest absolute Gasteiger partial charge is 0.228 e. The molecule has 0 saturated carbocycles. The maximum atomic E-state index is 11.9. The quantitative estimate of drug-likeness (QED) is 0.153. The fraction of sp³-hybridized carbons (Fsp3) is 0.842. The average Bonchev–Trinajstić information content (AvgIpc) is 2.71. The zero-order valence-electron chi connectivity index (χ0n) is 19.9. The fourth-order valence-electron chi connectivity index (χ4n) is 2.01. The summed E-state index contributed by atoms with van der Waals surface area (Å²) in [6.45, 7) is 7.40. The van der Waals surface area contributed by atoms with Crippen LogP contribution in [0.15, 0.2) is 4.99 Å². The number of aliphatic hydroxyl groups is 1. The average molecular weight is 425 g/mol. The summed E-state index contributed by atoms with van der Waals surface area (Å²) < 4.78 is 24.0. The van der Waals surface area contributed by atoms with Crippen molar-refractivity contribution in [3.63, 3.8) is 0 Å². The van der Waals surface area contributed by atoms with Gasteiger partial charge >= 0.3 is 0 Å². The maximum absolute atomic E-state index is 11.9. The number of carbonyl (C=O) groups excluding carboxylic acids is 2. The molecule has 0 aliphatic heterocycles. The van der Waals surface area contributed by atoms with Gasteiger partial charge in [-0.25, -0.2) is 0 Å². The maximum Gasteiger partial charge on any atom is 0.228 e. The molecule has 166 valence electrons. The van der Waals surface area contributed by atoms with Crippen molar-refractivity contribution >= 4 is 26.6 Å². The molecule has 28 heavy (non-hydrogen) atoms. The Balaban J connectivity index is 0. The molecule has 0 aromatic heterocycles. The normalized spacial score (nSPS) is 13.6. The van der Waals surface area contributed by atoms with Crippen LogP contribution in [-0.2, 0) is 18.6 Å². The lowest BCUT2D eigenvalue weighted by atomic mass is 10.2. The van der Waals surface area contributed by atoms with E-state index in [4.69, 9.17) is 11.8 Å². The number of aliphatic imine (C=N–C) groups is 1. The van der Waals surface area contributed by atoms with Gasteiger partial charge in [0.25, 0.3) is 0 Å². The number of hydrogen-bond acceptors (Lipinski definition) is 6. The number of hydrogen-bond donors (Lipinski definition) is 3. The van der Waals surface area contributed by atoms with Crippen LogP contribution in [0.25, 0.3) is 0 Å². The zero-order valence-corrected chi connectivity index (χ0v) is 18.8. The van der Waals surface area contributed by atoms with E-state index < -0.39 is 8.38 Å². The molecule has 2 amide bonds. The van der Waals surface area contributed by atoms with E-state index in [9.17, 15) is 9.59 Å². The number of carbonyl (C=O) groups is 2. The number of nitrogens with one attached hydrogen (secondary N) is 2. The van der Waals surface area contributed by atoms with Gasteiger partial charge in [-0.2, -0.15) is 0 Å². The summed E-state index contributed by atoms with van der Waals surface area (Å²) >= 11 is 0. The molecule has 0 spiro atoms. The molecule has 0 aliphatic rings. The molecule has 0 aliphatic carbocycles. The first-order valence-corrected chi connectivity index (χ1v) is 11.4. The van der Waals surface area contributed by atoms with Crippen molar-refractivity contribution in [2.45, 2.75) is 71.8 Å². The molecule has 8 nitrogen and oxygen atoms in total.